The molecule has 0 fully saturated rings. The number of nitrogens with one attached hydrogen (secondary N) is 1. The number of amides is 1. The molecule has 0 aliphatic carbocycles. The van der Waals surface area contributed by atoms with Crippen LogP contribution in [0.1, 0.15) is 24.5 Å². The number of hydrogen-bond acceptors (Lipinski definition) is 2. The number of carbonyl (C=O) groups is 1. The van der Waals surface area contributed by atoms with Gasteiger partial charge in [-0.3, -0.25) is 4.79 Å². The second kappa shape index (κ2) is 6.28. The predicted octanol–water partition coefficient (Wildman–Crippen LogP) is 1.39. The minimum Gasteiger partial charge on any atom is -0.356 e. The molecule has 1 aromatic rings. The van der Waals surface area contributed by atoms with E-state index in [0.29, 0.717) is 13.0 Å². The van der Waals surface area contributed by atoms with Crippen LogP contribution in [0.2, 0.25) is 0 Å². The Balaban J connectivity index is 2.34. The smallest absolute Gasteiger partial charge is 0.224 e. The highest BCUT2D eigenvalue weighted by molar-refractivity contribution is 5.78. The number of aryl methyl sites for hydroxylation is 1. The van der Waals surface area contributed by atoms with Crippen LogP contribution in [0, 0.1) is 6.92 Å². The van der Waals surface area contributed by atoms with Gasteiger partial charge in [0.05, 0.1) is 6.42 Å². The summed E-state index contributed by atoms with van der Waals surface area (Å²) in [4.78, 5) is 11.6. The molecule has 1 unspecified atom stereocenters. The van der Waals surface area contributed by atoms with Crippen molar-refractivity contribution in [1.82, 2.24) is 5.32 Å². The summed E-state index contributed by atoms with van der Waals surface area (Å²) >= 11 is 0. The molecule has 0 heterocycles. The van der Waals surface area contributed by atoms with Crippen LogP contribution >= 0.6 is 0 Å². The minimum atomic E-state index is 0.0613. The van der Waals surface area contributed by atoms with Crippen molar-refractivity contribution in [1.29, 1.82) is 0 Å². The summed E-state index contributed by atoms with van der Waals surface area (Å²) in [5, 5.41) is 2.86. The molecule has 0 aliphatic rings. The van der Waals surface area contributed by atoms with Gasteiger partial charge < -0.3 is 11.1 Å². The number of nitrogens with two attached hydrogens (primary N) is 1. The van der Waals surface area contributed by atoms with Gasteiger partial charge in [0.2, 0.25) is 5.91 Å². The maximum Gasteiger partial charge on any atom is 0.224 e. The van der Waals surface area contributed by atoms with E-state index < -0.39 is 0 Å². The van der Waals surface area contributed by atoms with Gasteiger partial charge in [0.25, 0.3) is 0 Å². The summed E-state index contributed by atoms with van der Waals surface area (Å²) < 4.78 is 0. The van der Waals surface area contributed by atoms with E-state index in [0.717, 1.165) is 12.0 Å². The molecular weight excluding hydrogens is 200 g/mol. The fourth-order valence-electron chi connectivity index (χ4n) is 1.51. The second-order valence-corrected chi connectivity index (χ2v) is 4.28. The van der Waals surface area contributed by atoms with Gasteiger partial charge in [-0.25, -0.2) is 0 Å². The molecule has 1 atom stereocenters. The van der Waals surface area contributed by atoms with E-state index in [-0.39, 0.29) is 11.9 Å². The van der Waals surface area contributed by atoms with Crippen molar-refractivity contribution in [2.24, 2.45) is 5.73 Å². The first-order valence-electron chi connectivity index (χ1n) is 5.66. The first-order valence-corrected chi connectivity index (χ1v) is 5.66. The maximum atomic E-state index is 11.6. The predicted molar refractivity (Wildman–Crippen MR) is 66.2 cm³/mol. The Morgan fingerprint density at radius 1 is 1.50 bits per heavy atom. The van der Waals surface area contributed by atoms with Gasteiger partial charge in [0.1, 0.15) is 0 Å². The lowest BCUT2D eigenvalue weighted by Gasteiger charge is -2.07. The van der Waals surface area contributed by atoms with Gasteiger partial charge in [-0.05, 0) is 25.8 Å². The van der Waals surface area contributed by atoms with E-state index >= 15 is 0 Å². The highest BCUT2D eigenvalue weighted by atomic mass is 16.1. The van der Waals surface area contributed by atoms with E-state index in [4.69, 9.17) is 5.73 Å². The van der Waals surface area contributed by atoms with Gasteiger partial charge in [-0.2, -0.15) is 0 Å². The van der Waals surface area contributed by atoms with E-state index in [1.54, 1.807) is 0 Å². The first-order chi connectivity index (χ1) is 7.58. The van der Waals surface area contributed by atoms with Crippen molar-refractivity contribution < 1.29 is 4.79 Å². The summed E-state index contributed by atoms with van der Waals surface area (Å²) in [5.74, 6) is 0.0613. The fourth-order valence-corrected chi connectivity index (χ4v) is 1.51. The lowest BCUT2D eigenvalue weighted by Crippen LogP contribution is -2.30. The van der Waals surface area contributed by atoms with E-state index in [1.807, 2.05) is 38.1 Å². The number of hydrogen-bond donors (Lipinski definition) is 2. The molecule has 3 nitrogen and oxygen atoms in total. The van der Waals surface area contributed by atoms with Crippen LogP contribution in [0.5, 0.6) is 0 Å². The van der Waals surface area contributed by atoms with Crippen molar-refractivity contribution in [3.8, 4) is 0 Å². The Labute approximate surface area is 97.0 Å². The molecule has 1 amide bonds. The molecule has 3 heteroatoms. The monoisotopic (exact) mass is 220 g/mol. The molecule has 0 aliphatic heterocycles. The van der Waals surface area contributed by atoms with Crippen LogP contribution in [0.15, 0.2) is 24.3 Å². The average molecular weight is 220 g/mol. The topological polar surface area (TPSA) is 55.1 Å². The normalized spacial score (nSPS) is 12.2. The molecule has 0 radical (unpaired) electrons. The molecule has 3 N–H and O–H groups in total. The Morgan fingerprint density at radius 3 is 2.88 bits per heavy atom. The Bertz CT molecular complexity index is 348. The zero-order chi connectivity index (χ0) is 12.0. The minimum absolute atomic E-state index is 0.0613. The molecule has 0 spiro atoms. The van der Waals surface area contributed by atoms with Crippen molar-refractivity contribution in [3.63, 3.8) is 0 Å². The molecule has 0 saturated heterocycles. The van der Waals surface area contributed by atoms with Crippen molar-refractivity contribution in [2.45, 2.75) is 32.7 Å². The Morgan fingerprint density at radius 2 is 2.25 bits per heavy atom. The largest absolute Gasteiger partial charge is 0.356 e. The van der Waals surface area contributed by atoms with Gasteiger partial charge >= 0.3 is 0 Å². The van der Waals surface area contributed by atoms with Gasteiger partial charge in [0.15, 0.2) is 0 Å². The third-order valence-corrected chi connectivity index (χ3v) is 2.37. The highest BCUT2D eigenvalue weighted by Crippen LogP contribution is 2.04. The lowest BCUT2D eigenvalue weighted by atomic mass is 10.1. The molecular formula is C13H20N2O. The van der Waals surface area contributed by atoms with Gasteiger partial charge in [0, 0.05) is 12.6 Å². The number of rotatable bonds is 5. The molecule has 0 bridgehead atoms. The van der Waals surface area contributed by atoms with Crippen molar-refractivity contribution >= 4 is 5.91 Å². The van der Waals surface area contributed by atoms with Crippen LogP contribution in [0.25, 0.3) is 0 Å². The van der Waals surface area contributed by atoms with Crippen LogP contribution in [-0.2, 0) is 11.2 Å². The second-order valence-electron chi connectivity index (χ2n) is 4.28. The molecule has 1 aromatic carbocycles. The molecule has 88 valence electrons. The summed E-state index contributed by atoms with van der Waals surface area (Å²) in [6, 6.07) is 8.14. The maximum absolute atomic E-state index is 11.6. The van der Waals surface area contributed by atoms with Crippen LogP contribution in [0.4, 0.5) is 0 Å². The Kier molecular flexibility index (Phi) is 4.99. The molecule has 1 rings (SSSR count). The average Bonchev–Trinajstić information content (AvgIpc) is 2.16. The van der Waals surface area contributed by atoms with Crippen LogP contribution in [-0.4, -0.2) is 18.5 Å². The third kappa shape index (κ3) is 4.94. The standard InChI is InChI=1S/C13H20N2O/c1-10-4-3-5-12(8-10)9-13(16)15-7-6-11(2)14/h3-5,8,11H,6-7,9,14H2,1-2H3,(H,15,16). The van der Waals surface area contributed by atoms with Gasteiger partial charge in [-0.15, -0.1) is 0 Å². The number of benzene rings is 1. The number of carbonyl (C=O) groups excluding carboxylic acids is 1. The summed E-state index contributed by atoms with van der Waals surface area (Å²) in [7, 11) is 0. The molecule has 16 heavy (non-hydrogen) atoms. The highest BCUT2D eigenvalue weighted by Gasteiger charge is 2.03. The van der Waals surface area contributed by atoms with E-state index in [2.05, 4.69) is 5.32 Å². The summed E-state index contributed by atoms with van der Waals surface area (Å²) in [6.07, 6.45) is 1.26. The van der Waals surface area contributed by atoms with Gasteiger partial charge in [-0.1, -0.05) is 29.8 Å². The molecule has 0 aromatic heterocycles. The fraction of sp³-hybridized carbons (Fsp3) is 0.462. The van der Waals surface area contributed by atoms with Crippen molar-refractivity contribution in [2.75, 3.05) is 6.54 Å². The van der Waals surface area contributed by atoms with E-state index in [9.17, 15) is 4.79 Å². The van der Waals surface area contributed by atoms with Crippen molar-refractivity contribution in [3.05, 3.63) is 35.4 Å². The third-order valence-electron chi connectivity index (χ3n) is 2.37. The van der Waals surface area contributed by atoms with Crippen LogP contribution in [0.3, 0.4) is 0 Å². The quantitative estimate of drug-likeness (QED) is 0.788. The first kappa shape index (κ1) is 12.7. The SMILES string of the molecule is Cc1cccc(CC(=O)NCCC(C)N)c1. The zero-order valence-corrected chi connectivity index (χ0v) is 9.99. The van der Waals surface area contributed by atoms with Crippen LogP contribution < -0.4 is 11.1 Å². The molecule has 0 saturated carbocycles. The zero-order valence-electron chi connectivity index (χ0n) is 9.99. The summed E-state index contributed by atoms with van der Waals surface area (Å²) in [5.41, 5.74) is 7.84. The Hall–Kier alpha value is -1.35. The van der Waals surface area contributed by atoms with E-state index in [1.165, 1.54) is 5.56 Å². The summed E-state index contributed by atoms with van der Waals surface area (Å²) in [6.45, 7) is 4.62. The lowest BCUT2D eigenvalue weighted by molar-refractivity contribution is -0.120.